The summed E-state index contributed by atoms with van der Waals surface area (Å²) < 4.78 is 14.2. The molecule has 3 rings (SSSR count). The zero-order valence-electron chi connectivity index (χ0n) is 12.2. The zero-order valence-corrected chi connectivity index (χ0v) is 13.0. The van der Waals surface area contributed by atoms with Gasteiger partial charge >= 0.3 is 0 Å². The molecule has 1 aromatic heterocycles. The van der Waals surface area contributed by atoms with Crippen LogP contribution in [-0.4, -0.2) is 0 Å². The van der Waals surface area contributed by atoms with Crippen LogP contribution in [0.15, 0.2) is 42.5 Å². The molecule has 0 aliphatic carbocycles. The highest BCUT2D eigenvalue weighted by Crippen LogP contribution is 2.31. The van der Waals surface area contributed by atoms with Crippen molar-refractivity contribution in [3.8, 4) is 0 Å². The fraction of sp³-hybridized carbons (Fsp3) is 0.222. The fourth-order valence-electron chi connectivity index (χ4n) is 2.70. The topological polar surface area (TPSA) is 26.0 Å². The summed E-state index contributed by atoms with van der Waals surface area (Å²) in [5.41, 5.74) is 10.2. The Kier molecular flexibility index (Phi) is 3.79. The molecule has 108 valence electrons. The Morgan fingerprint density at radius 1 is 1.10 bits per heavy atom. The van der Waals surface area contributed by atoms with Gasteiger partial charge in [-0.3, -0.25) is 0 Å². The number of nitrogens with two attached hydrogens (primary N) is 1. The molecule has 0 aliphatic heterocycles. The van der Waals surface area contributed by atoms with Gasteiger partial charge in [-0.15, -0.1) is 11.3 Å². The molecule has 0 saturated heterocycles. The lowest BCUT2D eigenvalue weighted by molar-refractivity contribution is 0.630. The maximum atomic E-state index is 13.3. The lowest BCUT2D eigenvalue weighted by Gasteiger charge is -2.14. The van der Waals surface area contributed by atoms with E-state index in [0.29, 0.717) is 0 Å². The summed E-state index contributed by atoms with van der Waals surface area (Å²) in [5, 5.41) is 1.06. The fourth-order valence-corrected chi connectivity index (χ4v) is 3.79. The molecular weight excluding hydrogens is 281 g/mol. The smallest absolute Gasteiger partial charge is 0.124 e. The molecule has 0 radical (unpaired) electrons. The van der Waals surface area contributed by atoms with Gasteiger partial charge in [0.15, 0.2) is 0 Å². The van der Waals surface area contributed by atoms with Crippen LogP contribution in [0.2, 0.25) is 0 Å². The van der Waals surface area contributed by atoms with Gasteiger partial charge in [-0.2, -0.15) is 0 Å². The Hall–Kier alpha value is -1.71. The molecule has 21 heavy (non-hydrogen) atoms. The second-order valence-corrected chi connectivity index (χ2v) is 6.63. The van der Waals surface area contributed by atoms with Crippen LogP contribution in [0, 0.1) is 19.7 Å². The van der Waals surface area contributed by atoms with Crippen molar-refractivity contribution in [2.45, 2.75) is 26.3 Å². The van der Waals surface area contributed by atoms with Crippen molar-refractivity contribution >= 4 is 21.4 Å². The summed E-state index contributed by atoms with van der Waals surface area (Å²) >= 11 is 1.59. The third-order valence-corrected chi connectivity index (χ3v) is 5.16. The lowest BCUT2D eigenvalue weighted by atomic mass is 9.96. The minimum Gasteiger partial charge on any atom is -0.323 e. The largest absolute Gasteiger partial charge is 0.323 e. The van der Waals surface area contributed by atoms with E-state index in [1.54, 1.807) is 17.4 Å². The van der Waals surface area contributed by atoms with Crippen molar-refractivity contribution in [2.75, 3.05) is 0 Å². The minimum absolute atomic E-state index is 0.0507. The number of halogens is 1. The zero-order chi connectivity index (χ0) is 15.0. The van der Waals surface area contributed by atoms with Crippen molar-refractivity contribution in [1.29, 1.82) is 0 Å². The SMILES string of the molecule is Cc1cccc(C)c1CC(N)c1cc2ccc(F)cc2s1. The van der Waals surface area contributed by atoms with Gasteiger partial charge in [0.2, 0.25) is 0 Å². The predicted octanol–water partition coefficient (Wildman–Crippen LogP) is 4.90. The molecular formula is C18H18FNS. The van der Waals surface area contributed by atoms with Crippen LogP contribution in [0.4, 0.5) is 4.39 Å². The third-order valence-electron chi connectivity index (χ3n) is 3.94. The van der Waals surface area contributed by atoms with Crippen molar-refractivity contribution in [1.82, 2.24) is 0 Å². The van der Waals surface area contributed by atoms with E-state index in [-0.39, 0.29) is 11.9 Å². The van der Waals surface area contributed by atoms with Crippen LogP contribution in [0.5, 0.6) is 0 Å². The number of fused-ring (bicyclic) bond motifs is 1. The van der Waals surface area contributed by atoms with E-state index in [1.165, 1.54) is 22.8 Å². The van der Waals surface area contributed by atoms with Gasteiger partial charge in [0, 0.05) is 15.6 Å². The van der Waals surface area contributed by atoms with Gasteiger partial charge in [-0.1, -0.05) is 24.3 Å². The summed E-state index contributed by atoms with van der Waals surface area (Å²) in [6.45, 7) is 4.24. The van der Waals surface area contributed by atoms with Crippen molar-refractivity contribution in [3.63, 3.8) is 0 Å². The molecule has 3 aromatic rings. The molecule has 1 unspecified atom stereocenters. The van der Waals surface area contributed by atoms with E-state index in [4.69, 9.17) is 5.73 Å². The van der Waals surface area contributed by atoms with Crippen LogP contribution >= 0.6 is 11.3 Å². The van der Waals surface area contributed by atoms with Crippen LogP contribution in [-0.2, 0) is 6.42 Å². The quantitative estimate of drug-likeness (QED) is 0.731. The highest BCUT2D eigenvalue weighted by molar-refractivity contribution is 7.19. The van der Waals surface area contributed by atoms with Gasteiger partial charge in [0.1, 0.15) is 5.82 Å². The Morgan fingerprint density at radius 3 is 2.52 bits per heavy atom. The first-order valence-electron chi connectivity index (χ1n) is 7.04. The van der Waals surface area contributed by atoms with Crippen molar-refractivity contribution < 1.29 is 4.39 Å². The monoisotopic (exact) mass is 299 g/mol. The van der Waals surface area contributed by atoms with Crippen LogP contribution < -0.4 is 5.73 Å². The molecule has 2 aromatic carbocycles. The van der Waals surface area contributed by atoms with Crippen LogP contribution in [0.1, 0.15) is 27.6 Å². The van der Waals surface area contributed by atoms with Gasteiger partial charge in [-0.25, -0.2) is 4.39 Å². The minimum atomic E-state index is -0.195. The Morgan fingerprint density at radius 2 is 1.81 bits per heavy atom. The predicted molar refractivity (Wildman–Crippen MR) is 88.3 cm³/mol. The van der Waals surface area contributed by atoms with Crippen molar-refractivity contribution in [3.05, 3.63) is 69.8 Å². The molecule has 0 bridgehead atoms. The van der Waals surface area contributed by atoms with Gasteiger partial charge in [0.05, 0.1) is 0 Å². The first-order valence-corrected chi connectivity index (χ1v) is 7.86. The number of benzene rings is 2. The lowest BCUT2D eigenvalue weighted by Crippen LogP contribution is -2.13. The second kappa shape index (κ2) is 5.58. The molecule has 1 heterocycles. The van der Waals surface area contributed by atoms with Gasteiger partial charge < -0.3 is 5.73 Å². The molecule has 1 nitrogen and oxygen atoms in total. The highest BCUT2D eigenvalue weighted by Gasteiger charge is 2.13. The molecule has 0 saturated carbocycles. The number of hydrogen-bond donors (Lipinski definition) is 1. The van der Waals surface area contributed by atoms with E-state index < -0.39 is 0 Å². The van der Waals surface area contributed by atoms with E-state index in [1.807, 2.05) is 6.07 Å². The van der Waals surface area contributed by atoms with E-state index >= 15 is 0 Å². The first kappa shape index (κ1) is 14.2. The maximum Gasteiger partial charge on any atom is 0.124 e. The highest BCUT2D eigenvalue weighted by atomic mass is 32.1. The summed E-state index contributed by atoms with van der Waals surface area (Å²) in [6.07, 6.45) is 0.813. The molecule has 2 N–H and O–H groups in total. The standard InChI is InChI=1S/C18H18FNS/c1-11-4-3-5-12(2)15(11)10-16(20)18-8-13-6-7-14(19)9-17(13)21-18/h3-9,16H,10,20H2,1-2H3. The third kappa shape index (κ3) is 2.85. The average Bonchev–Trinajstić information content (AvgIpc) is 2.86. The normalized spacial score (nSPS) is 12.8. The Balaban J connectivity index is 1.91. The molecule has 0 amide bonds. The van der Waals surface area contributed by atoms with Crippen LogP contribution in [0.25, 0.3) is 10.1 Å². The number of thiophene rings is 1. The molecule has 0 fully saturated rings. The summed E-state index contributed by atoms with van der Waals surface area (Å²) in [4.78, 5) is 1.11. The summed E-state index contributed by atoms with van der Waals surface area (Å²) in [5.74, 6) is -0.195. The molecule has 3 heteroatoms. The Labute approximate surface area is 128 Å². The van der Waals surface area contributed by atoms with Crippen LogP contribution in [0.3, 0.4) is 0 Å². The number of hydrogen-bond acceptors (Lipinski definition) is 2. The van der Waals surface area contributed by atoms with Crippen molar-refractivity contribution in [2.24, 2.45) is 5.73 Å². The maximum absolute atomic E-state index is 13.3. The average molecular weight is 299 g/mol. The molecule has 1 atom stereocenters. The van der Waals surface area contributed by atoms with E-state index in [2.05, 4.69) is 38.1 Å². The van der Waals surface area contributed by atoms with E-state index in [0.717, 1.165) is 21.4 Å². The Bertz CT molecular complexity index is 771. The number of aryl methyl sites for hydroxylation is 2. The molecule has 0 spiro atoms. The summed E-state index contributed by atoms with van der Waals surface area (Å²) in [6, 6.07) is 13.2. The number of rotatable bonds is 3. The second-order valence-electron chi connectivity index (χ2n) is 5.51. The summed E-state index contributed by atoms with van der Waals surface area (Å²) in [7, 11) is 0. The van der Waals surface area contributed by atoms with E-state index in [9.17, 15) is 4.39 Å². The van der Waals surface area contributed by atoms with Gasteiger partial charge in [0.25, 0.3) is 0 Å². The first-order chi connectivity index (χ1) is 10.0. The molecule has 0 aliphatic rings. The van der Waals surface area contributed by atoms with Gasteiger partial charge in [-0.05, 0) is 60.5 Å².